The van der Waals surface area contributed by atoms with E-state index in [1.165, 1.54) is 11.3 Å². The molecule has 0 bridgehead atoms. The molecule has 0 radical (unpaired) electrons. The molecule has 166 valence electrons. The summed E-state index contributed by atoms with van der Waals surface area (Å²) in [6, 6.07) is 7.79. The Morgan fingerprint density at radius 1 is 1.16 bits per heavy atom. The number of anilines is 1. The minimum absolute atomic E-state index is 0.197. The van der Waals surface area contributed by atoms with Crippen LogP contribution in [0.15, 0.2) is 24.3 Å². The van der Waals surface area contributed by atoms with Crippen LogP contribution < -0.4 is 20.5 Å². The lowest BCUT2D eigenvalue weighted by molar-refractivity contribution is 0.0959. The number of amides is 1. The Bertz CT molecular complexity index is 1060. The van der Waals surface area contributed by atoms with Crippen LogP contribution in [0.3, 0.4) is 0 Å². The molecule has 0 unspecified atom stereocenters. The van der Waals surface area contributed by atoms with E-state index in [2.05, 4.69) is 10.3 Å². The first-order valence-corrected chi connectivity index (χ1v) is 11.1. The van der Waals surface area contributed by atoms with Crippen molar-refractivity contribution in [3.8, 4) is 11.5 Å². The Labute approximate surface area is 186 Å². The van der Waals surface area contributed by atoms with Crippen molar-refractivity contribution >= 4 is 33.1 Å². The molecule has 3 N–H and O–H groups in total. The Morgan fingerprint density at radius 3 is 2.61 bits per heavy atom. The summed E-state index contributed by atoms with van der Waals surface area (Å²) in [6.07, 6.45) is 0.662. The number of hydrogen-bond donors (Lipinski definition) is 2. The van der Waals surface area contributed by atoms with E-state index < -0.39 is 0 Å². The number of aromatic nitrogens is 1. The summed E-state index contributed by atoms with van der Waals surface area (Å²) in [7, 11) is 1.63. The van der Waals surface area contributed by atoms with Gasteiger partial charge in [0.1, 0.15) is 9.71 Å². The van der Waals surface area contributed by atoms with E-state index in [4.69, 9.17) is 19.9 Å². The molecule has 0 saturated carbocycles. The fourth-order valence-corrected chi connectivity index (χ4v) is 4.53. The van der Waals surface area contributed by atoms with Gasteiger partial charge in [-0.3, -0.25) is 4.79 Å². The second-order valence-corrected chi connectivity index (χ2v) is 8.03. The van der Waals surface area contributed by atoms with E-state index in [0.29, 0.717) is 49.1 Å². The van der Waals surface area contributed by atoms with Gasteiger partial charge in [0.05, 0.1) is 25.5 Å². The number of nitrogens with zero attached hydrogens (tertiary/aromatic N) is 1. The zero-order chi connectivity index (χ0) is 22.4. The van der Waals surface area contributed by atoms with Gasteiger partial charge in [0.2, 0.25) is 0 Å². The van der Waals surface area contributed by atoms with Crippen LogP contribution >= 0.6 is 11.3 Å². The summed E-state index contributed by atoms with van der Waals surface area (Å²) in [4.78, 5) is 18.6. The Kier molecular flexibility index (Phi) is 7.70. The first-order valence-electron chi connectivity index (χ1n) is 10.3. The number of benzene rings is 1. The maximum atomic E-state index is 12.8. The standard InChI is InChI=1S/C23H29N3O4S/c1-5-29-17-8-7-15(12-18(17)30-6-2)9-10-25-22(27)21-20(24)19-16(13-28-4)11-14(3)26-23(19)31-21/h7-8,11-12H,5-6,9-10,13,24H2,1-4H3,(H,25,27). The normalized spacial score (nSPS) is 11.0. The van der Waals surface area contributed by atoms with Crippen molar-refractivity contribution in [2.24, 2.45) is 0 Å². The highest BCUT2D eigenvalue weighted by atomic mass is 32.1. The summed E-state index contributed by atoms with van der Waals surface area (Å²) in [6.45, 7) is 7.82. The number of ether oxygens (including phenoxy) is 3. The number of rotatable bonds is 10. The molecule has 0 aliphatic heterocycles. The van der Waals surface area contributed by atoms with Gasteiger partial charge in [-0.05, 0) is 56.5 Å². The maximum Gasteiger partial charge on any atom is 0.263 e. The third-order valence-corrected chi connectivity index (χ3v) is 5.82. The van der Waals surface area contributed by atoms with Crippen LogP contribution in [0.2, 0.25) is 0 Å². The van der Waals surface area contributed by atoms with E-state index in [9.17, 15) is 4.79 Å². The van der Waals surface area contributed by atoms with Crippen molar-refractivity contribution in [3.63, 3.8) is 0 Å². The van der Waals surface area contributed by atoms with E-state index >= 15 is 0 Å². The van der Waals surface area contributed by atoms with Gasteiger partial charge in [-0.15, -0.1) is 11.3 Å². The topological polar surface area (TPSA) is 95.7 Å². The first kappa shape index (κ1) is 22.8. The fourth-order valence-electron chi connectivity index (χ4n) is 3.43. The van der Waals surface area contributed by atoms with E-state index in [-0.39, 0.29) is 5.91 Å². The molecular weight excluding hydrogens is 414 g/mol. The number of nitrogen functional groups attached to an aromatic ring is 1. The number of thiophene rings is 1. The molecule has 1 amide bonds. The maximum absolute atomic E-state index is 12.8. The number of carbonyl (C=O) groups excluding carboxylic acids is 1. The number of aryl methyl sites for hydroxylation is 1. The highest BCUT2D eigenvalue weighted by Gasteiger charge is 2.20. The largest absolute Gasteiger partial charge is 0.490 e. The van der Waals surface area contributed by atoms with Crippen LogP contribution in [0.5, 0.6) is 11.5 Å². The van der Waals surface area contributed by atoms with Crippen LogP contribution in [0.4, 0.5) is 5.69 Å². The third-order valence-electron chi connectivity index (χ3n) is 4.72. The molecule has 2 heterocycles. The second-order valence-electron chi connectivity index (χ2n) is 7.03. The minimum atomic E-state index is -0.197. The minimum Gasteiger partial charge on any atom is -0.490 e. The summed E-state index contributed by atoms with van der Waals surface area (Å²) < 4.78 is 16.6. The highest BCUT2D eigenvalue weighted by Crippen LogP contribution is 2.35. The molecule has 1 aromatic carbocycles. The van der Waals surface area contributed by atoms with E-state index in [1.807, 2.05) is 45.0 Å². The number of fused-ring (bicyclic) bond motifs is 1. The number of pyridine rings is 1. The summed E-state index contributed by atoms with van der Waals surface area (Å²) in [5, 5.41) is 3.77. The SMILES string of the molecule is CCOc1ccc(CCNC(=O)c2sc3nc(C)cc(COC)c3c2N)cc1OCC. The fraction of sp³-hybridized carbons (Fsp3) is 0.391. The smallest absolute Gasteiger partial charge is 0.263 e. The van der Waals surface area contributed by atoms with Gasteiger partial charge in [-0.25, -0.2) is 4.98 Å². The van der Waals surface area contributed by atoms with Gasteiger partial charge in [0.15, 0.2) is 11.5 Å². The summed E-state index contributed by atoms with van der Waals surface area (Å²) in [5.41, 5.74) is 9.64. The molecule has 31 heavy (non-hydrogen) atoms. The van der Waals surface area contributed by atoms with Crippen molar-refractivity contribution in [2.75, 3.05) is 32.6 Å². The molecule has 0 atom stereocenters. The summed E-state index contributed by atoms with van der Waals surface area (Å²) >= 11 is 1.31. The Hall–Kier alpha value is -2.84. The second kappa shape index (κ2) is 10.5. The average Bonchev–Trinajstić information content (AvgIpc) is 3.06. The zero-order valence-electron chi connectivity index (χ0n) is 18.4. The molecule has 0 saturated heterocycles. The summed E-state index contributed by atoms with van der Waals surface area (Å²) in [5.74, 6) is 1.25. The van der Waals surface area contributed by atoms with Gasteiger partial charge >= 0.3 is 0 Å². The molecule has 0 aliphatic carbocycles. The molecule has 7 nitrogen and oxygen atoms in total. The van der Waals surface area contributed by atoms with Crippen LogP contribution in [-0.2, 0) is 17.8 Å². The molecule has 3 rings (SSSR count). The predicted molar refractivity (Wildman–Crippen MR) is 124 cm³/mol. The monoisotopic (exact) mass is 443 g/mol. The van der Waals surface area contributed by atoms with Gasteiger partial charge in [-0.2, -0.15) is 0 Å². The molecule has 2 aromatic heterocycles. The predicted octanol–water partition coefficient (Wildman–Crippen LogP) is 4.10. The number of nitrogens with one attached hydrogen (secondary N) is 1. The number of hydrogen-bond acceptors (Lipinski definition) is 7. The number of carbonyl (C=O) groups is 1. The van der Waals surface area contributed by atoms with Crippen molar-refractivity contribution in [3.05, 3.63) is 46.0 Å². The Balaban J connectivity index is 1.71. The lowest BCUT2D eigenvalue weighted by Gasteiger charge is -2.12. The van der Waals surface area contributed by atoms with Crippen molar-refractivity contribution in [2.45, 2.75) is 33.8 Å². The van der Waals surface area contributed by atoms with Crippen LogP contribution in [0, 0.1) is 6.92 Å². The lowest BCUT2D eigenvalue weighted by atomic mass is 10.1. The lowest BCUT2D eigenvalue weighted by Crippen LogP contribution is -2.25. The van der Waals surface area contributed by atoms with Crippen molar-refractivity contribution < 1.29 is 19.0 Å². The molecule has 3 aromatic rings. The Morgan fingerprint density at radius 2 is 1.90 bits per heavy atom. The molecule has 8 heteroatoms. The third kappa shape index (κ3) is 5.26. The zero-order valence-corrected chi connectivity index (χ0v) is 19.2. The average molecular weight is 444 g/mol. The van der Waals surface area contributed by atoms with E-state index in [0.717, 1.165) is 32.8 Å². The van der Waals surface area contributed by atoms with Crippen LogP contribution in [0.25, 0.3) is 10.2 Å². The molecular formula is C23H29N3O4S. The van der Waals surface area contributed by atoms with Crippen molar-refractivity contribution in [1.82, 2.24) is 10.3 Å². The number of methoxy groups -OCH3 is 1. The van der Waals surface area contributed by atoms with Crippen molar-refractivity contribution in [1.29, 1.82) is 0 Å². The van der Waals surface area contributed by atoms with Crippen LogP contribution in [0.1, 0.15) is 40.3 Å². The first-order chi connectivity index (χ1) is 15.0. The van der Waals surface area contributed by atoms with E-state index in [1.54, 1.807) is 7.11 Å². The molecule has 0 aliphatic rings. The van der Waals surface area contributed by atoms with Gasteiger partial charge in [0.25, 0.3) is 5.91 Å². The highest BCUT2D eigenvalue weighted by molar-refractivity contribution is 7.21. The van der Waals surface area contributed by atoms with Crippen LogP contribution in [-0.4, -0.2) is 37.8 Å². The molecule has 0 fully saturated rings. The quantitative estimate of drug-likeness (QED) is 0.490. The van der Waals surface area contributed by atoms with Gasteiger partial charge < -0.3 is 25.3 Å². The van der Waals surface area contributed by atoms with Gasteiger partial charge in [-0.1, -0.05) is 6.07 Å². The number of nitrogens with two attached hydrogens (primary N) is 1. The molecule has 0 spiro atoms. The van der Waals surface area contributed by atoms with Gasteiger partial charge in [0, 0.05) is 24.7 Å².